The van der Waals surface area contributed by atoms with Gasteiger partial charge in [0.2, 0.25) is 10.0 Å². The molecule has 20 heavy (non-hydrogen) atoms. The van der Waals surface area contributed by atoms with Crippen molar-refractivity contribution in [2.75, 3.05) is 43.2 Å². The van der Waals surface area contributed by atoms with Gasteiger partial charge in [-0.25, -0.2) is 12.8 Å². The zero-order valence-corrected chi connectivity index (χ0v) is 12.5. The van der Waals surface area contributed by atoms with Gasteiger partial charge in [-0.1, -0.05) is 11.6 Å². The van der Waals surface area contributed by atoms with Gasteiger partial charge in [-0.2, -0.15) is 0 Å². The third-order valence-corrected chi connectivity index (χ3v) is 4.51. The topological polar surface area (TPSA) is 61.4 Å². The average Bonchev–Trinajstić information content (AvgIpc) is 2.36. The van der Waals surface area contributed by atoms with Crippen molar-refractivity contribution in [2.24, 2.45) is 0 Å². The highest BCUT2D eigenvalue weighted by molar-refractivity contribution is 7.92. The van der Waals surface area contributed by atoms with Crippen LogP contribution in [-0.2, 0) is 10.0 Å². The molecule has 1 saturated heterocycles. The van der Waals surface area contributed by atoms with E-state index in [2.05, 4.69) is 14.9 Å². The standard InChI is InChI=1S/C12H17ClFN3O2S/c13-10-7-11(14)9-12(8-10)16-20(18,19)6-5-17-3-1-15-2-4-17/h7-9,15-16H,1-6H2. The predicted octanol–water partition coefficient (Wildman–Crippen LogP) is 1.13. The third kappa shape index (κ3) is 4.90. The van der Waals surface area contributed by atoms with Crippen molar-refractivity contribution in [1.82, 2.24) is 10.2 Å². The first kappa shape index (κ1) is 15.5. The van der Waals surface area contributed by atoms with Crippen molar-refractivity contribution in [1.29, 1.82) is 0 Å². The van der Waals surface area contributed by atoms with E-state index in [1.165, 1.54) is 6.07 Å². The SMILES string of the molecule is O=S(=O)(CCN1CCNCC1)Nc1cc(F)cc(Cl)c1. The monoisotopic (exact) mass is 321 g/mol. The lowest BCUT2D eigenvalue weighted by Gasteiger charge is -2.26. The Morgan fingerprint density at radius 2 is 2.00 bits per heavy atom. The van der Waals surface area contributed by atoms with Gasteiger partial charge >= 0.3 is 0 Å². The molecule has 0 saturated carbocycles. The zero-order valence-electron chi connectivity index (χ0n) is 10.9. The largest absolute Gasteiger partial charge is 0.314 e. The summed E-state index contributed by atoms with van der Waals surface area (Å²) < 4.78 is 39.4. The lowest BCUT2D eigenvalue weighted by molar-refractivity contribution is 0.254. The van der Waals surface area contributed by atoms with Gasteiger partial charge in [-0.05, 0) is 18.2 Å². The summed E-state index contributed by atoms with van der Waals surface area (Å²) in [6, 6.07) is 3.61. The first-order valence-electron chi connectivity index (χ1n) is 6.34. The quantitative estimate of drug-likeness (QED) is 0.853. The summed E-state index contributed by atoms with van der Waals surface area (Å²) in [7, 11) is -3.50. The van der Waals surface area contributed by atoms with Crippen LogP contribution in [0.1, 0.15) is 0 Å². The van der Waals surface area contributed by atoms with E-state index in [0.717, 1.165) is 38.3 Å². The van der Waals surface area contributed by atoms with E-state index < -0.39 is 15.8 Å². The van der Waals surface area contributed by atoms with E-state index >= 15 is 0 Å². The predicted molar refractivity (Wildman–Crippen MR) is 78.1 cm³/mol. The Kier molecular flexibility index (Phi) is 5.20. The number of piperazine rings is 1. The molecule has 2 N–H and O–H groups in total. The fourth-order valence-electron chi connectivity index (χ4n) is 2.03. The number of nitrogens with one attached hydrogen (secondary N) is 2. The summed E-state index contributed by atoms with van der Waals surface area (Å²) in [6.07, 6.45) is 0. The Bertz CT molecular complexity index is 542. The van der Waals surface area contributed by atoms with Crippen molar-refractivity contribution in [3.05, 3.63) is 29.0 Å². The third-order valence-electron chi connectivity index (χ3n) is 3.02. The van der Waals surface area contributed by atoms with Crippen LogP contribution in [0.15, 0.2) is 18.2 Å². The summed E-state index contributed by atoms with van der Waals surface area (Å²) in [6.45, 7) is 3.86. The van der Waals surface area contributed by atoms with Gasteiger partial charge in [0.15, 0.2) is 0 Å². The summed E-state index contributed by atoms with van der Waals surface area (Å²) in [5.41, 5.74) is 0.148. The van der Waals surface area contributed by atoms with Gasteiger partial charge in [-0.15, -0.1) is 0 Å². The van der Waals surface area contributed by atoms with E-state index in [0.29, 0.717) is 6.54 Å². The summed E-state index contributed by atoms with van der Waals surface area (Å²) >= 11 is 5.69. The van der Waals surface area contributed by atoms with E-state index in [1.807, 2.05) is 0 Å². The molecule has 0 atom stereocenters. The second-order valence-corrected chi connectivity index (χ2v) is 6.95. The highest BCUT2D eigenvalue weighted by atomic mass is 35.5. The molecule has 5 nitrogen and oxygen atoms in total. The van der Waals surface area contributed by atoms with E-state index in [9.17, 15) is 12.8 Å². The normalized spacial score (nSPS) is 17.1. The molecule has 1 aliphatic heterocycles. The number of sulfonamides is 1. The molecule has 0 bridgehead atoms. The van der Waals surface area contributed by atoms with Crippen LogP contribution in [0.3, 0.4) is 0 Å². The van der Waals surface area contributed by atoms with Gasteiger partial charge in [0.05, 0.1) is 11.4 Å². The summed E-state index contributed by atoms with van der Waals surface area (Å²) in [4.78, 5) is 2.08. The Balaban J connectivity index is 1.92. The molecular weight excluding hydrogens is 305 g/mol. The second-order valence-electron chi connectivity index (χ2n) is 4.67. The lowest BCUT2D eigenvalue weighted by Crippen LogP contribution is -2.45. The van der Waals surface area contributed by atoms with E-state index in [-0.39, 0.29) is 16.5 Å². The van der Waals surface area contributed by atoms with Crippen LogP contribution in [0.2, 0.25) is 5.02 Å². The first-order chi connectivity index (χ1) is 9.44. The minimum Gasteiger partial charge on any atom is -0.314 e. The molecule has 1 aromatic carbocycles. The number of anilines is 1. The highest BCUT2D eigenvalue weighted by Gasteiger charge is 2.16. The number of nitrogens with zero attached hydrogens (tertiary/aromatic N) is 1. The molecule has 1 aliphatic rings. The van der Waals surface area contributed by atoms with Crippen molar-refractivity contribution in [2.45, 2.75) is 0 Å². The molecule has 0 spiro atoms. The Morgan fingerprint density at radius 3 is 2.65 bits per heavy atom. The molecule has 0 unspecified atom stereocenters. The van der Waals surface area contributed by atoms with Gasteiger partial charge in [0, 0.05) is 37.7 Å². The Labute approximate surface area is 123 Å². The van der Waals surface area contributed by atoms with Crippen LogP contribution >= 0.6 is 11.6 Å². The highest BCUT2D eigenvalue weighted by Crippen LogP contribution is 2.19. The number of halogens is 2. The van der Waals surface area contributed by atoms with Gasteiger partial charge < -0.3 is 5.32 Å². The van der Waals surface area contributed by atoms with Gasteiger partial charge in [0.1, 0.15) is 5.82 Å². The van der Waals surface area contributed by atoms with Crippen LogP contribution in [0, 0.1) is 5.82 Å². The average molecular weight is 322 g/mol. The first-order valence-corrected chi connectivity index (χ1v) is 8.37. The maximum atomic E-state index is 13.1. The molecule has 1 fully saturated rings. The van der Waals surface area contributed by atoms with Crippen molar-refractivity contribution in [3.63, 3.8) is 0 Å². The maximum absolute atomic E-state index is 13.1. The van der Waals surface area contributed by atoms with E-state index in [4.69, 9.17) is 11.6 Å². The molecule has 1 aromatic rings. The maximum Gasteiger partial charge on any atom is 0.233 e. The fourth-order valence-corrected chi connectivity index (χ4v) is 3.33. The van der Waals surface area contributed by atoms with Crippen LogP contribution < -0.4 is 10.0 Å². The van der Waals surface area contributed by atoms with E-state index in [1.54, 1.807) is 0 Å². The molecule has 0 radical (unpaired) electrons. The number of rotatable bonds is 5. The van der Waals surface area contributed by atoms with Crippen molar-refractivity contribution < 1.29 is 12.8 Å². The van der Waals surface area contributed by atoms with Crippen LogP contribution in [0.4, 0.5) is 10.1 Å². The van der Waals surface area contributed by atoms with Crippen LogP contribution in [0.25, 0.3) is 0 Å². The summed E-state index contributed by atoms with van der Waals surface area (Å²) in [5, 5.41) is 3.36. The minimum atomic E-state index is -3.50. The molecule has 2 rings (SSSR count). The lowest BCUT2D eigenvalue weighted by atomic mass is 10.3. The molecule has 0 aliphatic carbocycles. The van der Waals surface area contributed by atoms with Gasteiger partial charge in [-0.3, -0.25) is 9.62 Å². The Morgan fingerprint density at radius 1 is 1.30 bits per heavy atom. The Hall–Kier alpha value is -0.890. The fraction of sp³-hybridized carbons (Fsp3) is 0.500. The summed E-state index contributed by atoms with van der Waals surface area (Å²) in [5.74, 6) is -0.599. The molecule has 0 aromatic heterocycles. The zero-order chi connectivity index (χ0) is 14.6. The number of hydrogen-bond donors (Lipinski definition) is 2. The molecule has 8 heteroatoms. The smallest absolute Gasteiger partial charge is 0.233 e. The minimum absolute atomic E-state index is 0.0267. The molecule has 112 valence electrons. The van der Waals surface area contributed by atoms with Crippen LogP contribution in [0.5, 0.6) is 0 Å². The second kappa shape index (κ2) is 6.71. The van der Waals surface area contributed by atoms with Crippen LogP contribution in [-0.4, -0.2) is 51.8 Å². The number of benzene rings is 1. The van der Waals surface area contributed by atoms with Crippen molar-refractivity contribution in [3.8, 4) is 0 Å². The van der Waals surface area contributed by atoms with Gasteiger partial charge in [0.25, 0.3) is 0 Å². The number of hydrogen-bond acceptors (Lipinski definition) is 4. The molecule has 1 heterocycles. The van der Waals surface area contributed by atoms with Crippen molar-refractivity contribution >= 4 is 27.3 Å². The molecular formula is C12H17ClFN3O2S. The molecule has 0 amide bonds.